The number of carboxylic acid groups (broad SMARTS) is 1. The van der Waals surface area contributed by atoms with Crippen LogP contribution in [0.1, 0.15) is 31.1 Å². The number of thioether (sulfide) groups is 1. The molecule has 4 N–H and O–H groups in total. The van der Waals surface area contributed by atoms with Gasteiger partial charge in [0.2, 0.25) is 11.8 Å². The Morgan fingerprint density at radius 1 is 1.50 bits per heavy atom. The summed E-state index contributed by atoms with van der Waals surface area (Å²) in [7, 11) is 0. The van der Waals surface area contributed by atoms with Crippen molar-refractivity contribution in [1.29, 1.82) is 0 Å². The molecule has 0 spiro atoms. The van der Waals surface area contributed by atoms with Gasteiger partial charge in [-0.2, -0.15) is 11.8 Å². The van der Waals surface area contributed by atoms with Crippen molar-refractivity contribution in [2.24, 2.45) is 5.73 Å². The molecule has 9 heteroatoms. The Morgan fingerprint density at radius 3 is 2.90 bits per heavy atom. The highest BCUT2D eigenvalue weighted by atomic mass is 32.2. The molecule has 1 aliphatic carbocycles. The highest BCUT2D eigenvalue weighted by Gasteiger charge is 2.29. The third-order valence-electron chi connectivity index (χ3n) is 2.74. The first-order valence-corrected chi connectivity index (χ1v) is 7.41. The molecule has 2 rings (SSSR count). The van der Waals surface area contributed by atoms with E-state index in [0.717, 1.165) is 12.8 Å². The lowest BCUT2D eigenvalue weighted by Crippen LogP contribution is -2.30. The van der Waals surface area contributed by atoms with Crippen molar-refractivity contribution >= 4 is 29.7 Å². The predicted molar refractivity (Wildman–Crippen MR) is 72.5 cm³/mol. The minimum atomic E-state index is -1.03. The van der Waals surface area contributed by atoms with E-state index in [1.807, 2.05) is 0 Å². The summed E-state index contributed by atoms with van der Waals surface area (Å²) in [6.45, 7) is 0. The zero-order valence-corrected chi connectivity index (χ0v) is 11.6. The number of carboxylic acids is 1. The lowest BCUT2D eigenvalue weighted by molar-refractivity contribution is -0.138. The highest BCUT2D eigenvalue weighted by Crippen LogP contribution is 2.39. The van der Waals surface area contributed by atoms with Gasteiger partial charge in [-0.05, 0) is 25.0 Å². The van der Waals surface area contributed by atoms with E-state index in [-0.39, 0.29) is 17.7 Å². The van der Waals surface area contributed by atoms with E-state index >= 15 is 0 Å². The molecule has 8 nitrogen and oxygen atoms in total. The molecule has 0 saturated heterocycles. The summed E-state index contributed by atoms with van der Waals surface area (Å²) >= 11 is 1.31. The molecule has 1 aliphatic rings. The Morgan fingerprint density at radius 2 is 2.25 bits per heavy atom. The van der Waals surface area contributed by atoms with E-state index in [1.165, 1.54) is 11.8 Å². The fourth-order valence-corrected chi connectivity index (χ4v) is 2.26. The number of nitrogens with zero attached hydrogens (tertiary/aromatic N) is 2. The van der Waals surface area contributed by atoms with E-state index in [2.05, 4.69) is 15.5 Å². The van der Waals surface area contributed by atoms with Crippen LogP contribution in [0.25, 0.3) is 0 Å². The third kappa shape index (κ3) is 4.49. The Labute approximate surface area is 119 Å². The molecule has 1 heterocycles. The number of rotatable bonds is 8. The van der Waals surface area contributed by atoms with Crippen molar-refractivity contribution in [3.63, 3.8) is 0 Å². The molecule has 1 saturated carbocycles. The maximum atomic E-state index is 11.6. The van der Waals surface area contributed by atoms with Gasteiger partial charge in [0.05, 0.1) is 5.75 Å². The molecule has 1 fully saturated rings. The smallest absolute Gasteiger partial charge is 0.322 e. The summed E-state index contributed by atoms with van der Waals surface area (Å²) in [5.41, 5.74) is 5.35. The molecule has 110 valence electrons. The lowest BCUT2D eigenvalue weighted by atomic mass is 10.2. The molecule has 1 unspecified atom stereocenters. The average molecular weight is 300 g/mol. The summed E-state index contributed by atoms with van der Waals surface area (Å²) in [5.74, 6) is 0.310. The molecule has 0 radical (unpaired) electrons. The minimum Gasteiger partial charge on any atom is -0.480 e. The Kier molecular flexibility index (Phi) is 4.96. The van der Waals surface area contributed by atoms with Crippen LogP contribution in [-0.2, 0) is 9.59 Å². The van der Waals surface area contributed by atoms with Crippen LogP contribution >= 0.6 is 11.8 Å². The number of hydrogen-bond acceptors (Lipinski definition) is 7. The first-order chi connectivity index (χ1) is 9.56. The first-order valence-electron chi connectivity index (χ1n) is 6.25. The van der Waals surface area contributed by atoms with E-state index in [0.29, 0.717) is 24.0 Å². The predicted octanol–water partition coefficient (Wildman–Crippen LogP) is 0.421. The molecule has 0 aromatic carbocycles. The number of hydrogen-bond donors (Lipinski definition) is 3. The van der Waals surface area contributed by atoms with Gasteiger partial charge >= 0.3 is 12.0 Å². The zero-order valence-electron chi connectivity index (χ0n) is 10.7. The molecule has 1 atom stereocenters. The summed E-state index contributed by atoms with van der Waals surface area (Å²) in [4.78, 5) is 22.1. The van der Waals surface area contributed by atoms with Crippen LogP contribution in [0.3, 0.4) is 0 Å². The van der Waals surface area contributed by atoms with E-state index in [9.17, 15) is 9.59 Å². The maximum absolute atomic E-state index is 11.6. The van der Waals surface area contributed by atoms with E-state index < -0.39 is 12.0 Å². The first kappa shape index (κ1) is 14.8. The van der Waals surface area contributed by atoms with Gasteiger partial charge in [-0.25, -0.2) is 0 Å². The normalized spacial score (nSPS) is 15.8. The fourth-order valence-electron chi connectivity index (χ4n) is 1.43. The number of carbonyl (C=O) groups is 2. The highest BCUT2D eigenvalue weighted by molar-refractivity contribution is 7.99. The second-order valence-electron chi connectivity index (χ2n) is 4.55. The van der Waals surface area contributed by atoms with Crippen molar-refractivity contribution in [2.75, 3.05) is 16.8 Å². The minimum absolute atomic E-state index is 0.111. The van der Waals surface area contributed by atoms with Gasteiger partial charge in [0.15, 0.2) is 0 Å². The van der Waals surface area contributed by atoms with Crippen molar-refractivity contribution in [2.45, 2.75) is 31.2 Å². The van der Waals surface area contributed by atoms with Gasteiger partial charge in [-0.3, -0.25) is 14.9 Å². The van der Waals surface area contributed by atoms with Crippen LogP contribution in [0.15, 0.2) is 4.42 Å². The van der Waals surface area contributed by atoms with Gasteiger partial charge < -0.3 is 15.3 Å². The molecule has 1 amide bonds. The number of aliphatic carboxylic acids is 1. The molecular formula is C11H16N4O4S. The van der Waals surface area contributed by atoms with Gasteiger partial charge in [0, 0.05) is 5.92 Å². The largest absolute Gasteiger partial charge is 0.480 e. The SMILES string of the molecule is NC(CCSCC(=O)Nc1nnc(C2CC2)o1)C(=O)O. The Bertz CT molecular complexity index is 489. The van der Waals surface area contributed by atoms with Crippen LogP contribution in [0, 0.1) is 0 Å². The van der Waals surface area contributed by atoms with Crippen LogP contribution in [0.2, 0.25) is 0 Å². The lowest BCUT2D eigenvalue weighted by Gasteiger charge is -2.05. The number of amides is 1. The maximum Gasteiger partial charge on any atom is 0.322 e. The van der Waals surface area contributed by atoms with Gasteiger partial charge in [0.1, 0.15) is 6.04 Å². The van der Waals surface area contributed by atoms with Crippen LogP contribution < -0.4 is 11.1 Å². The van der Waals surface area contributed by atoms with Crippen LogP contribution in [0.5, 0.6) is 0 Å². The van der Waals surface area contributed by atoms with Crippen molar-refractivity contribution in [3.8, 4) is 0 Å². The number of nitrogens with one attached hydrogen (secondary N) is 1. The van der Waals surface area contributed by atoms with E-state index in [4.69, 9.17) is 15.3 Å². The monoisotopic (exact) mass is 300 g/mol. The quantitative estimate of drug-likeness (QED) is 0.589. The fraction of sp³-hybridized carbons (Fsp3) is 0.636. The average Bonchev–Trinajstić information content (AvgIpc) is 3.15. The zero-order chi connectivity index (χ0) is 14.5. The van der Waals surface area contributed by atoms with Crippen molar-refractivity contribution in [3.05, 3.63) is 5.89 Å². The standard InChI is InChI=1S/C11H16N4O4S/c12-7(10(17)18)3-4-20-5-8(16)13-11-15-14-9(19-11)6-1-2-6/h6-7H,1-5,12H2,(H,17,18)(H,13,15,16). The molecule has 1 aromatic heterocycles. The Hall–Kier alpha value is -1.61. The number of nitrogens with two attached hydrogens (primary N) is 1. The number of aromatic nitrogens is 2. The number of carbonyl (C=O) groups excluding carboxylic acids is 1. The van der Waals surface area contributed by atoms with Crippen LogP contribution in [0.4, 0.5) is 6.01 Å². The molecule has 1 aromatic rings. The van der Waals surface area contributed by atoms with Gasteiger partial charge in [-0.15, -0.1) is 5.10 Å². The summed E-state index contributed by atoms with van der Waals surface area (Å²) in [5, 5.41) is 18.7. The second kappa shape index (κ2) is 6.71. The molecule has 0 bridgehead atoms. The summed E-state index contributed by atoms with van der Waals surface area (Å²) in [6.07, 6.45) is 2.42. The Balaban J connectivity index is 1.63. The van der Waals surface area contributed by atoms with E-state index in [1.54, 1.807) is 0 Å². The molecule has 0 aliphatic heterocycles. The molecule has 20 heavy (non-hydrogen) atoms. The van der Waals surface area contributed by atoms with Crippen LogP contribution in [-0.4, -0.2) is 44.7 Å². The van der Waals surface area contributed by atoms with Gasteiger partial charge in [-0.1, -0.05) is 5.10 Å². The van der Waals surface area contributed by atoms with Gasteiger partial charge in [0.25, 0.3) is 0 Å². The summed E-state index contributed by atoms with van der Waals surface area (Å²) in [6, 6.07) is -0.776. The van der Waals surface area contributed by atoms with Crippen molar-refractivity contribution in [1.82, 2.24) is 10.2 Å². The van der Waals surface area contributed by atoms with Crippen molar-refractivity contribution < 1.29 is 19.1 Å². The number of anilines is 1. The second-order valence-corrected chi connectivity index (χ2v) is 5.66. The third-order valence-corrected chi connectivity index (χ3v) is 3.73. The summed E-state index contributed by atoms with van der Waals surface area (Å²) < 4.78 is 5.29. The topological polar surface area (TPSA) is 131 Å². The molecular weight excluding hydrogens is 284 g/mol.